The fourth-order valence-corrected chi connectivity index (χ4v) is 2.77. The molecule has 8 heteroatoms. The summed E-state index contributed by atoms with van der Waals surface area (Å²) in [7, 11) is 0. The highest BCUT2D eigenvalue weighted by Gasteiger charge is 2.12. The Kier molecular flexibility index (Phi) is 7.53. The maximum Gasteiger partial charge on any atom is 0.257 e. The number of ether oxygens (including phenoxy) is 1. The predicted octanol–water partition coefficient (Wildman–Crippen LogP) is 5.95. The highest BCUT2D eigenvalue weighted by atomic mass is 35.5. The van der Waals surface area contributed by atoms with Gasteiger partial charge in [0.25, 0.3) is 5.91 Å². The summed E-state index contributed by atoms with van der Waals surface area (Å²) in [6.45, 7) is 3.99. The molecule has 138 valence electrons. The van der Waals surface area contributed by atoms with E-state index in [1.165, 1.54) is 12.1 Å². The molecule has 2 N–H and O–H groups in total. The summed E-state index contributed by atoms with van der Waals surface area (Å²) in [6.07, 6.45) is 0.933. The van der Waals surface area contributed by atoms with Crippen LogP contribution in [-0.4, -0.2) is 17.1 Å². The second-order valence-electron chi connectivity index (χ2n) is 5.52. The normalized spacial score (nSPS) is 11.6. The molecule has 0 aromatic heterocycles. The average Bonchev–Trinajstić information content (AvgIpc) is 2.59. The van der Waals surface area contributed by atoms with Gasteiger partial charge in [0.05, 0.1) is 26.9 Å². The second kappa shape index (κ2) is 9.42. The minimum atomic E-state index is -0.367. The van der Waals surface area contributed by atoms with Gasteiger partial charge in [0, 0.05) is 5.56 Å². The van der Waals surface area contributed by atoms with Gasteiger partial charge in [0.15, 0.2) is 5.11 Å². The number of thiocarbonyl (C=S) groups is 1. The van der Waals surface area contributed by atoms with Gasteiger partial charge in [0.1, 0.15) is 5.75 Å². The molecule has 0 heterocycles. The lowest BCUT2D eigenvalue weighted by Crippen LogP contribution is -2.34. The number of carbonyl (C=O) groups excluding carboxylic acids is 1. The molecular weight excluding hydrogens is 415 g/mol. The van der Waals surface area contributed by atoms with Crippen molar-refractivity contribution in [3.05, 3.63) is 57.0 Å². The molecule has 0 aliphatic rings. The number of anilines is 1. The van der Waals surface area contributed by atoms with Gasteiger partial charge in [-0.15, -0.1) is 0 Å². The monoisotopic (exact) mass is 430 g/mol. The number of hydrogen-bond acceptors (Lipinski definition) is 3. The SMILES string of the molecule is CCC(C)Oc1cccc(C(=O)NC(=S)Nc2cc(Cl)c(Cl)cc2Cl)c1. The van der Waals surface area contributed by atoms with Crippen LogP contribution in [0.15, 0.2) is 36.4 Å². The molecular formula is C18H17Cl3N2O2S. The molecule has 0 radical (unpaired) electrons. The second-order valence-corrected chi connectivity index (χ2v) is 7.15. The summed E-state index contributed by atoms with van der Waals surface area (Å²) in [5.74, 6) is 0.256. The number of benzene rings is 2. The largest absolute Gasteiger partial charge is 0.491 e. The summed E-state index contributed by atoms with van der Waals surface area (Å²) in [6, 6.07) is 9.91. The van der Waals surface area contributed by atoms with E-state index in [1.54, 1.807) is 24.3 Å². The zero-order valence-corrected chi connectivity index (χ0v) is 17.2. The Hall–Kier alpha value is -1.53. The van der Waals surface area contributed by atoms with Gasteiger partial charge in [0.2, 0.25) is 0 Å². The van der Waals surface area contributed by atoms with Gasteiger partial charge >= 0.3 is 0 Å². The lowest BCUT2D eigenvalue weighted by molar-refractivity contribution is 0.0977. The van der Waals surface area contributed by atoms with E-state index < -0.39 is 0 Å². The summed E-state index contributed by atoms with van der Waals surface area (Å²) in [4.78, 5) is 12.4. The summed E-state index contributed by atoms with van der Waals surface area (Å²) >= 11 is 23.1. The van der Waals surface area contributed by atoms with E-state index in [1.807, 2.05) is 13.8 Å². The van der Waals surface area contributed by atoms with Gasteiger partial charge in [-0.05, 0) is 55.9 Å². The maximum absolute atomic E-state index is 12.4. The Morgan fingerprint density at radius 1 is 1.15 bits per heavy atom. The number of nitrogens with one attached hydrogen (secondary N) is 2. The first-order valence-corrected chi connectivity index (χ1v) is 9.38. The Morgan fingerprint density at radius 2 is 1.85 bits per heavy atom. The summed E-state index contributed by atoms with van der Waals surface area (Å²) in [5.41, 5.74) is 0.871. The number of carbonyl (C=O) groups is 1. The molecule has 26 heavy (non-hydrogen) atoms. The van der Waals surface area contributed by atoms with Crippen molar-refractivity contribution in [2.24, 2.45) is 0 Å². The van der Waals surface area contributed by atoms with Gasteiger partial charge < -0.3 is 10.1 Å². The molecule has 0 saturated carbocycles. The highest BCUT2D eigenvalue weighted by Crippen LogP contribution is 2.32. The Bertz CT molecular complexity index is 830. The molecule has 1 atom stereocenters. The van der Waals surface area contributed by atoms with Gasteiger partial charge in [-0.25, -0.2) is 0 Å². The van der Waals surface area contributed by atoms with E-state index in [0.29, 0.717) is 32.1 Å². The molecule has 0 aliphatic carbocycles. The molecule has 4 nitrogen and oxygen atoms in total. The first kappa shape index (κ1) is 20.8. The van der Waals surface area contributed by atoms with E-state index in [9.17, 15) is 4.79 Å². The molecule has 0 spiro atoms. The van der Waals surface area contributed by atoms with Crippen LogP contribution in [-0.2, 0) is 0 Å². The minimum absolute atomic E-state index is 0.0628. The van der Waals surface area contributed by atoms with Crippen LogP contribution in [0.4, 0.5) is 5.69 Å². The predicted molar refractivity (Wildman–Crippen MR) is 112 cm³/mol. The molecule has 1 amide bonds. The van der Waals surface area contributed by atoms with E-state index >= 15 is 0 Å². The zero-order valence-electron chi connectivity index (χ0n) is 14.1. The molecule has 1 unspecified atom stereocenters. The van der Waals surface area contributed by atoms with Gasteiger partial charge in [-0.1, -0.05) is 47.8 Å². The van der Waals surface area contributed by atoms with Gasteiger partial charge in [-0.2, -0.15) is 0 Å². The van der Waals surface area contributed by atoms with Crippen molar-refractivity contribution in [1.82, 2.24) is 5.32 Å². The van der Waals surface area contributed by atoms with Crippen molar-refractivity contribution in [2.45, 2.75) is 26.4 Å². The van der Waals surface area contributed by atoms with Crippen molar-refractivity contribution in [2.75, 3.05) is 5.32 Å². The number of amides is 1. The van der Waals surface area contributed by atoms with Gasteiger partial charge in [-0.3, -0.25) is 10.1 Å². The Balaban J connectivity index is 2.04. The first-order valence-electron chi connectivity index (χ1n) is 7.83. The van der Waals surface area contributed by atoms with Crippen LogP contribution in [0.3, 0.4) is 0 Å². The molecule has 2 aromatic carbocycles. The van der Waals surface area contributed by atoms with Crippen LogP contribution < -0.4 is 15.4 Å². The van der Waals surface area contributed by atoms with Crippen molar-refractivity contribution < 1.29 is 9.53 Å². The van der Waals surface area contributed by atoms with Crippen molar-refractivity contribution in [1.29, 1.82) is 0 Å². The van der Waals surface area contributed by atoms with Crippen molar-refractivity contribution in [3.8, 4) is 5.75 Å². The van der Waals surface area contributed by atoms with E-state index in [2.05, 4.69) is 10.6 Å². The van der Waals surface area contributed by atoms with E-state index in [0.717, 1.165) is 6.42 Å². The zero-order chi connectivity index (χ0) is 19.3. The molecule has 0 bridgehead atoms. The van der Waals surface area contributed by atoms with Crippen LogP contribution >= 0.6 is 47.0 Å². The third-order valence-corrected chi connectivity index (χ3v) is 4.73. The summed E-state index contributed by atoms with van der Waals surface area (Å²) < 4.78 is 5.72. The Morgan fingerprint density at radius 3 is 2.54 bits per heavy atom. The fourth-order valence-electron chi connectivity index (χ4n) is 1.97. The highest BCUT2D eigenvalue weighted by molar-refractivity contribution is 7.80. The quantitative estimate of drug-likeness (QED) is 0.453. The fraction of sp³-hybridized carbons (Fsp3) is 0.222. The standard InChI is InChI=1S/C18H17Cl3N2O2S/c1-3-10(2)25-12-6-4-5-11(7-12)17(24)23-18(26)22-16-9-14(20)13(19)8-15(16)21/h4-10H,3H2,1-2H3,(H2,22,23,24,26). The molecule has 0 aliphatic heterocycles. The van der Waals surface area contributed by atoms with Crippen LogP contribution in [0, 0.1) is 0 Å². The first-order chi connectivity index (χ1) is 12.3. The minimum Gasteiger partial charge on any atom is -0.491 e. The van der Waals surface area contributed by atoms with E-state index in [-0.39, 0.29) is 17.1 Å². The molecule has 2 aromatic rings. The van der Waals surface area contributed by atoms with Crippen LogP contribution in [0.1, 0.15) is 30.6 Å². The topological polar surface area (TPSA) is 50.4 Å². The van der Waals surface area contributed by atoms with Crippen LogP contribution in [0.2, 0.25) is 15.1 Å². The lowest BCUT2D eigenvalue weighted by Gasteiger charge is -2.14. The Labute approximate surface area is 172 Å². The van der Waals surface area contributed by atoms with Crippen LogP contribution in [0.5, 0.6) is 5.75 Å². The summed E-state index contributed by atoms with van der Waals surface area (Å²) in [5, 5.41) is 6.49. The molecule has 2 rings (SSSR count). The number of rotatable bonds is 5. The molecule has 0 fully saturated rings. The number of hydrogen-bond donors (Lipinski definition) is 2. The maximum atomic E-state index is 12.4. The van der Waals surface area contributed by atoms with Crippen molar-refractivity contribution >= 4 is 63.7 Å². The smallest absolute Gasteiger partial charge is 0.257 e. The van der Waals surface area contributed by atoms with E-state index in [4.69, 9.17) is 51.8 Å². The third kappa shape index (κ3) is 5.74. The average molecular weight is 432 g/mol. The van der Waals surface area contributed by atoms with Crippen molar-refractivity contribution in [3.63, 3.8) is 0 Å². The third-order valence-electron chi connectivity index (χ3n) is 3.49. The lowest BCUT2D eigenvalue weighted by atomic mass is 10.2. The molecule has 0 saturated heterocycles. The van der Waals surface area contributed by atoms with Crippen LogP contribution in [0.25, 0.3) is 0 Å². The number of halogens is 3.